The molecular formula is C12H17BLi4O20. The SMILES string of the molecule is O=C(O)CC(=O)O.O=C(O)CC(=O)O.O=C(O)CC(=O)O.O=C(O)CC(=O)O.[Li+].[Li+].[Li+].[Li+].[O-]B([O-])[O-].[OH-]. The number of hydrogen-bond acceptors (Lipinski definition) is 12. The average molecular weight is 520 g/mol. The van der Waals surface area contributed by atoms with Crippen molar-refractivity contribution in [1.29, 1.82) is 0 Å². The molecular weight excluding hydrogens is 503 g/mol. The fourth-order valence-electron chi connectivity index (χ4n) is 0.517. The zero-order valence-electron chi connectivity index (χ0n) is 19.9. The molecule has 0 fully saturated rings. The fraction of sp³-hybridized carbons (Fsp3) is 0.333. The molecule has 0 atom stereocenters. The molecule has 20 nitrogen and oxygen atoms in total. The Kier molecular flexibility index (Phi) is 77.1. The molecule has 9 N–H and O–H groups in total. The number of carboxylic acids is 8. The van der Waals surface area contributed by atoms with Crippen molar-refractivity contribution in [3.63, 3.8) is 0 Å². The van der Waals surface area contributed by atoms with E-state index in [-0.39, 0.29) is 80.9 Å². The minimum absolute atomic E-state index is 0. The van der Waals surface area contributed by atoms with Crippen molar-refractivity contribution in [3.05, 3.63) is 0 Å². The Labute approximate surface area is 254 Å². The molecule has 0 aromatic rings. The van der Waals surface area contributed by atoms with Gasteiger partial charge in [0, 0.05) is 0 Å². The normalized spacial score (nSPS) is 6.78. The Bertz CT molecular complexity index is 502. The summed E-state index contributed by atoms with van der Waals surface area (Å²) in [4.78, 5) is 75.4. The van der Waals surface area contributed by atoms with Crippen LogP contribution in [0.3, 0.4) is 0 Å². The summed E-state index contributed by atoms with van der Waals surface area (Å²) in [5.74, 6) is -10.5. The first kappa shape index (κ1) is 64.8. The summed E-state index contributed by atoms with van der Waals surface area (Å²) in [6, 6.07) is 0. The van der Waals surface area contributed by atoms with Gasteiger partial charge in [-0.25, -0.2) is 0 Å². The molecule has 0 heterocycles. The Morgan fingerprint density at radius 2 is 0.432 bits per heavy atom. The van der Waals surface area contributed by atoms with Gasteiger partial charge in [-0.15, -0.1) is 0 Å². The molecule has 0 aliphatic carbocycles. The minimum atomic E-state index is -2.92. The average Bonchev–Trinajstić information content (AvgIpc) is 2.41. The Balaban J connectivity index is -0.0000000301. The van der Waals surface area contributed by atoms with E-state index in [2.05, 4.69) is 0 Å². The van der Waals surface area contributed by atoms with E-state index in [9.17, 15) is 38.4 Å². The van der Waals surface area contributed by atoms with E-state index < -0.39 is 80.8 Å². The monoisotopic (exact) mass is 520 g/mol. The van der Waals surface area contributed by atoms with E-state index >= 15 is 0 Å². The maximum atomic E-state index is 9.43. The summed E-state index contributed by atoms with van der Waals surface area (Å²) >= 11 is 0. The zero-order valence-corrected chi connectivity index (χ0v) is 19.9. The molecule has 0 spiro atoms. The van der Waals surface area contributed by atoms with Crippen LogP contribution in [0.1, 0.15) is 25.7 Å². The summed E-state index contributed by atoms with van der Waals surface area (Å²) in [6.45, 7) is 0. The van der Waals surface area contributed by atoms with Crippen LogP contribution in [-0.4, -0.2) is 101 Å². The summed E-state index contributed by atoms with van der Waals surface area (Å²) in [5.41, 5.74) is 0. The zero-order chi connectivity index (χ0) is 27.0. The molecule has 0 rings (SSSR count). The van der Waals surface area contributed by atoms with Crippen LogP contribution >= 0.6 is 0 Å². The predicted molar refractivity (Wildman–Crippen MR) is 87.2 cm³/mol. The van der Waals surface area contributed by atoms with Gasteiger partial charge in [0.05, 0.1) is 0 Å². The van der Waals surface area contributed by atoms with Gasteiger partial charge in [-0.2, -0.15) is 0 Å². The summed E-state index contributed by atoms with van der Waals surface area (Å²) in [7, 11) is -2.92. The standard InChI is InChI=1S/4C3H4O4.BO3.4Li.H2O/c4*4-2(5)1-3(6)7;2-1(3)4;;;;;/h4*1H2,(H,4,5)(H,6,7);;;;;;1H2/q;;;;-3;4*+1;/p-1. The number of carboxylic acid groups (broad SMARTS) is 8. The van der Waals surface area contributed by atoms with Gasteiger partial charge in [-0.1, -0.05) is 0 Å². The molecule has 0 aromatic heterocycles. The summed E-state index contributed by atoms with van der Waals surface area (Å²) < 4.78 is 0. The third kappa shape index (κ3) is 177. The third-order valence-electron chi connectivity index (χ3n) is 1.21. The van der Waals surface area contributed by atoms with Crippen molar-refractivity contribution in [3.8, 4) is 0 Å². The molecule has 0 saturated carbocycles. The van der Waals surface area contributed by atoms with Crippen molar-refractivity contribution in [1.82, 2.24) is 0 Å². The second kappa shape index (κ2) is 44.1. The number of aliphatic carboxylic acids is 8. The van der Waals surface area contributed by atoms with Gasteiger partial charge in [0.2, 0.25) is 0 Å². The van der Waals surface area contributed by atoms with Crippen molar-refractivity contribution in [2.75, 3.05) is 0 Å². The third-order valence-corrected chi connectivity index (χ3v) is 1.21. The van der Waals surface area contributed by atoms with Gasteiger partial charge in [-0.3, -0.25) is 45.7 Å². The van der Waals surface area contributed by atoms with Gasteiger partial charge >= 0.3 is 123 Å². The molecule has 0 radical (unpaired) electrons. The Morgan fingerprint density at radius 3 is 0.432 bits per heavy atom. The molecule has 0 saturated heterocycles. The molecule has 0 amide bonds. The molecule has 0 aromatic carbocycles. The van der Waals surface area contributed by atoms with Crippen molar-refractivity contribution in [2.24, 2.45) is 0 Å². The van der Waals surface area contributed by atoms with Gasteiger partial charge in [0.1, 0.15) is 25.7 Å². The van der Waals surface area contributed by atoms with Crippen LogP contribution in [0.15, 0.2) is 0 Å². The van der Waals surface area contributed by atoms with Gasteiger partial charge in [-0.05, 0) is 0 Å². The van der Waals surface area contributed by atoms with Crippen LogP contribution < -0.4 is 90.5 Å². The summed E-state index contributed by atoms with van der Waals surface area (Å²) in [6.07, 6.45) is -3.22. The predicted octanol–water partition coefficient (Wildman–Crippen LogP) is -17.9. The molecule has 0 aliphatic rings. The largest absolute Gasteiger partial charge is 1.00 e. The van der Waals surface area contributed by atoms with E-state index in [1.807, 2.05) is 0 Å². The Hall–Kier alpha value is -1.95. The smallest absolute Gasteiger partial charge is 0.907 e. The first-order chi connectivity index (χ1) is 14.2. The Morgan fingerprint density at radius 1 is 0.378 bits per heavy atom. The van der Waals surface area contributed by atoms with E-state index in [4.69, 9.17) is 55.9 Å². The van der Waals surface area contributed by atoms with E-state index in [1.54, 1.807) is 0 Å². The van der Waals surface area contributed by atoms with Crippen LogP contribution in [0.25, 0.3) is 0 Å². The number of rotatable bonds is 8. The second-order valence-electron chi connectivity index (χ2n) is 4.15. The van der Waals surface area contributed by atoms with Crippen molar-refractivity contribution >= 4 is 55.1 Å². The van der Waals surface area contributed by atoms with Crippen LogP contribution in [0.5, 0.6) is 0 Å². The van der Waals surface area contributed by atoms with Crippen LogP contribution in [0.2, 0.25) is 0 Å². The van der Waals surface area contributed by atoms with Gasteiger partial charge < -0.3 is 61.4 Å². The van der Waals surface area contributed by atoms with Crippen molar-refractivity contribution in [2.45, 2.75) is 25.7 Å². The summed E-state index contributed by atoms with van der Waals surface area (Å²) in [5, 5.41) is 86.9. The first-order valence-electron chi connectivity index (χ1n) is 6.96. The van der Waals surface area contributed by atoms with Crippen molar-refractivity contribution < 1.29 is 175 Å². The topological polar surface area (TPSA) is 398 Å². The quantitative estimate of drug-likeness (QED) is 0.109. The number of carbonyl (C=O) groups is 8. The van der Waals surface area contributed by atoms with Crippen LogP contribution in [-0.2, 0) is 38.4 Å². The van der Waals surface area contributed by atoms with E-state index in [0.29, 0.717) is 0 Å². The van der Waals surface area contributed by atoms with E-state index in [1.165, 1.54) is 0 Å². The maximum Gasteiger partial charge on any atom is 1.00 e. The fourth-order valence-corrected chi connectivity index (χ4v) is 0.517. The second-order valence-corrected chi connectivity index (χ2v) is 4.15. The molecule has 0 unspecified atom stereocenters. The molecule has 37 heavy (non-hydrogen) atoms. The maximum absolute atomic E-state index is 9.43. The molecule has 192 valence electrons. The molecule has 25 heteroatoms. The van der Waals surface area contributed by atoms with Gasteiger partial charge in [0.15, 0.2) is 0 Å². The first-order valence-corrected chi connectivity index (χ1v) is 6.96. The van der Waals surface area contributed by atoms with E-state index in [0.717, 1.165) is 0 Å². The molecule has 0 aliphatic heterocycles. The van der Waals surface area contributed by atoms with Crippen LogP contribution in [0, 0.1) is 0 Å². The van der Waals surface area contributed by atoms with Gasteiger partial charge in [0.25, 0.3) is 0 Å². The number of hydrogen-bond donors (Lipinski definition) is 8. The minimum Gasteiger partial charge on any atom is -0.907 e. The molecule has 0 bridgehead atoms. The van der Waals surface area contributed by atoms with Crippen LogP contribution in [0.4, 0.5) is 0 Å².